The van der Waals surface area contributed by atoms with Crippen LogP contribution in [0.4, 0.5) is 0 Å². The van der Waals surface area contributed by atoms with E-state index in [4.69, 9.17) is 9.47 Å². The average Bonchev–Trinajstić information content (AvgIpc) is 3.06. The summed E-state index contributed by atoms with van der Waals surface area (Å²) in [5.41, 5.74) is 1.06. The summed E-state index contributed by atoms with van der Waals surface area (Å²) >= 11 is 3.34. The fraction of sp³-hybridized carbons (Fsp3) is 0.333. The molecule has 0 spiro atoms. The van der Waals surface area contributed by atoms with Crippen LogP contribution in [0.3, 0.4) is 0 Å². The van der Waals surface area contributed by atoms with Crippen LogP contribution in [-0.2, 0) is 16.1 Å². The summed E-state index contributed by atoms with van der Waals surface area (Å²) in [7, 11) is 0. The van der Waals surface area contributed by atoms with Crippen molar-refractivity contribution >= 4 is 21.8 Å². The molecule has 2 aromatic rings. The van der Waals surface area contributed by atoms with Crippen LogP contribution in [0.1, 0.15) is 12.0 Å². The van der Waals surface area contributed by atoms with Gasteiger partial charge >= 0.3 is 0 Å². The number of halogens is 1. The number of amides is 1. The Kier molecular flexibility index (Phi) is 5.82. The smallest absolute Gasteiger partial charge is 0.248 e. The van der Waals surface area contributed by atoms with Gasteiger partial charge < -0.3 is 14.4 Å². The van der Waals surface area contributed by atoms with Gasteiger partial charge in [-0.25, -0.2) is 4.98 Å². The van der Waals surface area contributed by atoms with Crippen LogP contribution in [0.25, 0.3) is 0 Å². The predicted molar refractivity (Wildman–Crippen MR) is 93.6 cm³/mol. The fourth-order valence-electron chi connectivity index (χ4n) is 2.58. The van der Waals surface area contributed by atoms with Gasteiger partial charge in [-0.05, 0) is 27.6 Å². The first-order chi connectivity index (χ1) is 11.7. The molecule has 1 aliphatic rings. The molecule has 1 aromatic heterocycles. The van der Waals surface area contributed by atoms with E-state index in [9.17, 15) is 4.79 Å². The van der Waals surface area contributed by atoms with Crippen molar-refractivity contribution in [2.45, 2.75) is 19.1 Å². The van der Waals surface area contributed by atoms with Crippen LogP contribution in [0.2, 0.25) is 0 Å². The standard InChI is InChI=1S/C18H19BrN2O3/c19-15-6-7-17(20-10-15)24-16-8-9-21(11-16)18(22)13-23-12-14-4-2-1-3-5-14/h1-7,10,16H,8-9,11-13H2. The predicted octanol–water partition coefficient (Wildman–Crippen LogP) is 3.04. The van der Waals surface area contributed by atoms with Crippen molar-refractivity contribution in [1.29, 1.82) is 0 Å². The van der Waals surface area contributed by atoms with Gasteiger partial charge in [-0.15, -0.1) is 0 Å². The van der Waals surface area contributed by atoms with Gasteiger partial charge in [0.15, 0.2) is 0 Å². The van der Waals surface area contributed by atoms with Gasteiger partial charge in [0, 0.05) is 29.7 Å². The van der Waals surface area contributed by atoms with Crippen molar-refractivity contribution in [3.05, 3.63) is 58.7 Å². The molecule has 1 amide bonds. The van der Waals surface area contributed by atoms with E-state index < -0.39 is 0 Å². The number of likely N-dealkylation sites (tertiary alicyclic amines) is 1. The van der Waals surface area contributed by atoms with Gasteiger partial charge in [0.25, 0.3) is 0 Å². The zero-order valence-electron chi connectivity index (χ0n) is 13.2. The molecule has 5 nitrogen and oxygen atoms in total. The third-order valence-electron chi connectivity index (χ3n) is 3.82. The van der Waals surface area contributed by atoms with E-state index in [0.29, 0.717) is 25.6 Å². The van der Waals surface area contributed by atoms with Crippen LogP contribution in [0, 0.1) is 0 Å². The van der Waals surface area contributed by atoms with Crippen molar-refractivity contribution in [3.63, 3.8) is 0 Å². The highest BCUT2D eigenvalue weighted by Crippen LogP contribution is 2.18. The van der Waals surface area contributed by atoms with Crippen LogP contribution in [-0.4, -0.2) is 41.6 Å². The number of benzene rings is 1. The molecule has 6 heteroatoms. The van der Waals surface area contributed by atoms with E-state index in [1.165, 1.54) is 0 Å². The third kappa shape index (κ3) is 4.79. The van der Waals surface area contributed by atoms with E-state index >= 15 is 0 Å². The summed E-state index contributed by atoms with van der Waals surface area (Å²) < 4.78 is 12.2. The molecule has 0 bridgehead atoms. The zero-order chi connectivity index (χ0) is 16.8. The summed E-state index contributed by atoms with van der Waals surface area (Å²) in [5.74, 6) is 0.582. The number of hydrogen-bond acceptors (Lipinski definition) is 4. The van der Waals surface area contributed by atoms with E-state index in [1.54, 1.807) is 11.1 Å². The monoisotopic (exact) mass is 390 g/mol. The summed E-state index contributed by atoms with van der Waals surface area (Å²) in [6.07, 6.45) is 2.49. The van der Waals surface area contributed by atoms with Crippen molar-refractivity contribution in [2.24, 2.45) is 0 Å². The van der Waals surface area contributed by atoms with Crippen molar-refractivity contribution < 1.29 is 14.3 Å². The van der Waals surface area contributed by atoms with E-state index in [1.807, 2.05) is 42.5 Å². The minimum absolute atomic E-state index is 0.000737. The Morgan fingerprint density at radius 3 is 2.83 bits per heavy atom. The molecule has 1 fully saturated rings. The van der Waals surface area contributed by atoms with Crippen molar-refractivity contribution in [3.8, 4) is 5.88 Å². The number of ether oxygens (including phenoxy) is 2. The quantitative estimate of drug-likeness (QED) is 0.760. The van der Waals surface area contributed by atoms with Gasteiger partial charge in [0.1, 0.15) is 12.7 Å². The Morgan fingerprint density at radius 1 is 1.25 bits per heavy atom. The minimum atomic E-state index is -0.0169. The fourth-order valence-corrected chi connectivity index (χ4v) is 2.81. The second kappa shape index (κ2) is 8.26. The Hall–Kier alpha value is -1.92. The molecule has 3 rings (SSSR count). The topological polar surface area (TPSA) is 51.7 Å². The van der Waals surface area contributed by atoms with Gasteiger partial charge in [-0.3, -0.25) is 4.79 Å². The number of carbonyl (C=O) groups is 1. The van der Waals surface area contributed by atoms with Crippen molar-refractivity contribution in [2.75, 3.05) is 19.7 Å². The molecule has 2 heterocycles. The first-order valence-electron chi connectivity index (χ1n) is 7.88. The molecular weight excluding hydrogens is 372 g/mol. The molecule has 1 aliphatic heterocycles. The average molecular weight is 391 g/mol. The van der Waals surface area contributed by atoms with Gasteiger partial charge in [-0.1, -0.05) is 30.3 Å². The molecule has 0 aliphatic carbocycles. The number of hydrogen-bond donors (Lipinski definition) is 0. The highest BCUT2D eigenvalue weighted by Gasteiger charge is 2.27. The maximum atomic E-state index is 12.2. The maximum absolute atomic E-state index is 12.2. The lowest BCUT2D eigenvalue weighted by Crippen LogP contribution is -2.33. The number of nitrogens with zero attached hydrogens (tertiary/aromatic N) is 2. The van der Waals surface area contributed by atoms with Gasteiger partial charge in [0.2, 0.25) is 11.8 Å². The molecule has 126 valence electrons. The highest BCUT2D eigenvalue weighted by atomic mass is 79.9. The molecule has 24 heavy (non-hydrogen) atoms. The lowest BCUT2D eigenvalue weighted by Gasteiger charge is -2.17. The third-order valence-corrected chi connectivity index (χ3v) is 4.29. The Bertz CT molecular complexity index is 664. The van der Waals surface area contributed by atoms with Gasteiger partial charge in [0.05, 0.1) is 13.2 Å². The SMILES string of the molecule is O=C(COCc1ccccc1)N1CCC(Oc2ccc(Br)cn2)C1. The second-order valence-corrected chi connectivity index (χ2v) is 6.58. The molecule has 1 aromatic carbocycles. The Balaban J connectivity index is 1.41. The summed E-state index contributed by atoms with van der Waals surface area (Å²) in [5, 5.41) is 0. The number of carbonyl (C=O) groups excluding carboxylic acids is 1. The molecule has 0 N–H and O–H groups in total. The molecule has 0 saturated carbocycles. The first kappa shape index (κ1) is 16.9. The first-order valence-corrected chi connectivity index (χ1v) is 8.67. The summed E-state index contributed by atoms with van der Waals surface area (Å²) in [4.78, 5) is 18.2. The maximum Gasteiger partial charge on any atom is 0.248 e. The lowest BCUT2D eigenvalue weighted by molar-refractivity contribution is -0.135. The van der Waals surface area contributed by atoms with Gasteiger partial charge in [-0.2, -0.15) is 0 Å². The highest BCUT2D eigenvalue weighted by molar-refractivity contribution is 9.10. The minimum Gasteiger partial charge on any atom is -0.472 e. The molecule has 0 radical (unpaired) electrons. The number of aromatic nitrogens is 1. The summed E-state index contributed by atoms with van der Waals surface area (Å²) in [6.45, 7) is 1.81. The molecule has 1 unspecified atom stereocenters. The van der Waals surface area contributed by atoms with Crippen LogP contribution in [0.15, 0.2) is 53.1 Å². The van der Waals surface area contributed by atoms with Crippen LogP contribution < -0.4 is 4.74 Å². The van der Waals surface area contributed by atoms with Crippen LogP contribution >= 0.6 is 15.9 Å². The Morgan fingerprint density at radius 2 is 2.08 bits per heavy atom. The summed E-state index contributed by atoms with van der Waals surface area (Å²) in [6, 6.07) is 13.5. The van der Waals surface area contributed by atoms with E-state index in [2.05, 4.69) is 20.9 Å². The lowest BCUT2D eigenvalue weighted by atomic mass is 10.2. The Labute approximate surface area is 149 Å². The van der Waals surface area contributed by atoms with E-state index in [-0.39, 0.29) is 18.6 Å². The molecule has 1 saturated heterocycles. The largest absolute Gasteiger partial charge is 0.472 e. The number of pyridine rings is 1. The zero-order valence-corrected chi connectivity index (χ0v) is 14.8. The normalized spacial score (nSPS) is 17.0. The van der Waals surface area contributed by atoms with Crippen LogP contribution in [0.5, 0.6) is 5.88 Å². The second-order valence-electron chi connectivity index (χ2n) is 5.66. The molecule has 1 atom stereocenters. The molecular formula is C18H19BrN2O3. The van der Waals surface area contributed by atoms with Crippen molar-refractivity contribution in [1.82, 2.24) is 9.88 Å². The van der Waals surface area contributed by atoms with E-state index in [0.717, 1.165) is 16.5 Å². The number of rotatable bonds is 6.